The van der Waals surface area contributed by atoms with Crippen molar-refractivity contribution in [2.24, 2.45) is 11.3 Å². The summed E-state index contributed by atoms with van der Waals surface area (Å²) in [7, 11) is -17.8. The Bertz CT molecular complexity index is 4020. The fourth-order valence-electron chi connectivity index (χ4n) is 11.6. The number of ether oxygens (including phenoxy) is 2. The van der Waals surface area contributed by atoms with Gasteiger partial charge < -0.3 is 30.1 Å². The summed E-state index contributed by atoms with van der Waals surface area (Å²) in [5.41, 5.74) is 3.09. The molecule has 91 heavy (non-hydrogen) atoms. The predicted molar refractivity (Wildman–Crippen MR) is 345 cm³/mol. The topological polar surface area (TPSA) is 338 Å². The maximum Gasteiger partial charge on any atom is 0.326 e. The molecule has 7 N–H and O–H groups in total. The zero-order valence-corrected chi connectivity index (χ0v) is 55.6. The third-order valence-electron chi connectivity index (χ3n) is 16.5. The average molecular weight is 1340 g/mol. The van der Waals surface area contributed by atoms with Gasteiger partial charge in [-0.15, -0.1) is 0 Å². The van der Waals surface area contributed by atoms with Gasteiger partial charge in [0.1, 0.15) is 24.4 Å². The minimum atomic E-state index is -4.64. The molecule has 0 bridgehead atoms. The minimum absolute atomic E-state index is 0.0868. The number of carboxylic acids is 1. The largest absolute Gasteiger partial charge is 0.489 e. The number of rotatable bonds is 30. The minimum Gasteiger partial charge on any atom is -0.489 e. The first kappa shape index (κ1) is 71.4. The lowest BCUT2D eigenvalue weighted by atomic mass is 9.81. The molecule has 494 valence electrons. The Labute approximate surface area is 534 Å². The van der Waals surface area contributed by atoms with Crippen LogP contribution < -0.4 is 20.3 Å². The van der Waals surface area contributed by atoms with Gasteiger partial charge in [-0.3, -0.25) is 27.8 Å². The maximum absolute atomic E-state index is 14.1. The summed E-state index contributed by atoms with van der Waals surface area (Å²) < 4.78 is 151. The van der Waals surface area contributed by atoms with Crippen LogP contribution in [0, 0.1) is 11.3 Å². The van der Waals surface area contributed by atoms with Crippen molar-refractivity contribution in [1.29, 1.82) is 0 Å². The highest BCUT2D eigenvalue weighted by Crippen LogP contribution is 2.49. The SMILES string of the molecule is CC(C)CCC(C)(C)CC(=O)N[C@@H](Cc1ccccc1)C(=O)N[C@@H](Cc1ccc(OC2=C(C=CC3=[N+](CCCCS(=O)(=O)O)c4ccc(S(=O)(=O)O)cc4C3(C)C)CCOC2=CC=C2N(CCCCS(=O)(=O)O)c3ccc(S(=O)(=O)O)cc3C2(C)C)cc1)C(=O)O. The van der Waals surface area contributed by atoms with Crippen molar-refractivity contribution in [2.75, 3.05) is 36.1 Å². The van der Waals surface area contributed by atoms with Crippen LogP contribution in [0.25, 0.3) is 0 Å². The van der Waals surface area contributed by atoms with Crippen LogP contribution in [0.2, 0.25) is 0 Å². The van der Waals surface area contributed by atoms with Gasteiger partial charge in [-0.05, 0) is 128 Å². The Balaban J connectivity index is 1.27. The molecule has 2 atom stereocenters. The molecule has 0 radical (unpaired) electrons. The number of hydrogen-bond donors (Lipinski definition) is 7. The van der Waals surface area contributed by atoms with Gasteiger partial charge in [0.2, 0.25) is 17.5 Å². The highest BCUT2D eigenvalue weighted by atomic mass is 32.2. The van der Waals surface area contributed by atoms with E-state index in [0.717, 1.165) is 18.4 Å². The number of carbonyl (C=O) groups excluding carboxylic acids is 2. The summed E-state index contributed by atoms with van der Waals surface area (Å²) in [6.07, 6.45) is 9.84. The number of carboxylic acid groups (broad SMARTS) is 1. The van der Waals surface area contributed by atoms with E-state index in [9.17, 15) is 71.4 Å². The number of benzene rings is 4. The summed E-state index contributed by atoms with van der Waals surface area (Å²) in [5, 5.41) is 16.1. The molecule has 7 rings (SSSR count). The van der Waals surface area contributed by atoms with Crippen molar-refractivity contribution in [3.63, 3.8) is 0 Å². The second-order valence-corrected chi connectivity index (χ2v) is 31.5. The Morgan fingerprint density at radius 3 is 1.91 bits per heavy atom. The second-order valence-electron chi connectivity index (χ2n) is 25.5. The van der Waals surface area contributed by atoms with Crippen LogP contribution in [0.4, 0.5) is 11.4 Å². The molecule has 26 heteroatoms. The van der Waals surface area contributed by atoms with Crippen molar-refractivity contribution in [2.45, 2.75) is 152 Å². The van der Waals surface area contributed by atoms with E-state index in [1.165, 1.54) is 24.3 Å². The molecule has 3 aliphatic heterocycles. The molecule has 0 saturated heterocycles. The number of unbranched alkanes of at least 4 members (excludes halogenated alkanes) is 2. The highest BCUT2D eigenvalue weighted by molar-refractivity contribution is 7.86. The van der Waals surface area contributed by atoms with E-state index in [2.05, 4.69) is 24.5 Å². The van der Waals surface area contributed by atoms with E-state index >= 15 is 0 Å². The van der Waals surface area contributed by atoms with Crippen molar-refractivity contribution in [3.8, 4) is 5.75 Å². The molecular weight excluding hydrogens is 1250 g/mol. The summed E-state index contributed by atoms with van der Waals surface area (Å²) in [6, 6.07) is 21.4. The lowest BCUT2D eigenvalue weighted by Gasteiger charge is -2.27. The summed E-state index contributed by atoms with van der Waals surface area (Å²) >= 11 is 0. The lowest BCUT2D eigenvalue weighted by Crippen LogP contribution is -2.53. The third kappa shape index (κ3) is 19.3. The fraction of sp³-hybridized carbons (Fsp3) is 0.446. The van der Waals surface area contributed by atoms with Crippen LogP contribution >= 0.6 is 0 Å². The van der Waals surface area contributed by atoms with Gasteiger partial charge in [0, 0.05) is 78.7 Å². The zero-order valence-electron chi connectivity index (χ0n) is 52.4. The zero-order chi connectivity index (χ0) is 67.1. The van der Waals surface area contributed by atoms with Crippen LogP contribution in [0.15, 0.2) is 148 Å². The summed E-state index contributed by atoms with van der Waals surface area (Å²) in [5.74, 6) is -2.20. The number of nitrogens with one attached hydrogen (secondary N) is 2. The molecule has 0 spiro atoms. The van der Waals surface area contributed by atoms with Gasteiger partial charge in [0.25, 0.3) is 40.5 Å². The van der Waals surface area contributed by atoms with Crippen molar-refractivity contribution >= 4 is 75.3 Å². The Morgan fingerprint density at radius 2 is 1.31 bits per heavy atom. The van der Waals surface area contributed by atoms with Crippen LogP contribution in [0.5, 0.6) is 5.75 Å². The van der Waals surface area contributed by atoms with E-state index < -0.39 is 86.8 Å². The van der Waals surface area contributed by atoms with Gasteiger partial charge >= 0.3 is 5.97 Å². The highest BCUT2D eigenvalue weighted by Gasteiger charge is 2.46. The number of amides is 2. The Kier molecular flexibility index (Phi) is 22.6. The molecule has 0 aliphatic carbocycles. The van der Waals surface area contributed by atoms with Crippen LogP contribution in [0.1, 0.15) is 129 Å². The Morgan fingerprint density at radius 1 is 0.714 bits per heavy atom. The number of hydrogen-bond acceptors (Lipinski definition) is 14. The van der Waals surface area contributed by atoms with E-state index in [4.69, 9.17) is 9.47 Å². The first-order valence-corrected chi connectivity index (χ1v) is 36.1. The van der Waals surface area contributed by atoms with Crippen LogP contribution in [0.3, 0.4) is 0 Å². The molecular formula is C65H83N4O18S4+. The van der Waals surface area contributed by atoms with Crippen LogP contribution in [-0.2, 0) is 83.3 Å². The van der Waals surface area contributed by atoms with E-state index in [1.54, 1.807) is 66.8 Å². The quantitative estimate of drug-likeness (QED) is 0.0145. The first-order valence-electron chi connectivity index (χ1n) is 30.0. The smallest absolute Gasteiger partial charge is 0.326 e. The van der Waals surface area contributed by atoms with Crippen molar-refractivity contribution in [1.82, 2.24) is 10.6 Å². The average Bonchev–Trinajstić information content (AvgIpc) is 1.60. The fourth-order valence-corrected chi connectivity index (χ4v) is 13.7. The molecule has 3 aliphatic rings. The number of anilines is 1. The maximum atomic E-state index is 14.1. The molecule has 0 fully saturated rings. The van der Waals surface area contributed by atoms with Crippen molar-refractivity contribution < 1.29 is 85.4 Å². The summed E-state index contributed by atoms with van der Waals surface area (Å²) in [4.78, 5) is 41.8. The Hall–Kier alpha value is -7.04. The first-order chi connectivity index (χ1) is 42.3. The molecule has 0 aromatic heterocycles. The monoisotopic (exact) mass is 1340 g/mol. The number of fused-ring (bicyclic) bond motifs is 2. The van der Waals surface area contributed by atoms with Crippen molar-refractivity contribution in [3.05, 3.63) is 160 Å². The van der Waals surface area contributed by atoms with E-state index in [-0.39, 0.29) is 109 Å². The van der Waals surface area contributed by atoms with E-state index in [1.807, 2.05) is 75.3 Å². The van der Waals surface area contributed by atoms with E-state index in [0.29, 0.717) is 51.0 Å². The third-order valence-corrected chi connectivity index (χ3v) is 19.8. The van der Waals surface area contributed by atoms with Gasteiger partial charge in [0.05, 0.1) is 33.3 Å². The second kappa shape index (κ2) is 28.9. The van der Waals surface area contributed by atoms with Gasteiger partial charge in [0.15, 0.2) is 17.2 Å². The molecule has 2 amide bonds. The molecule has 3 heterocycles. The normalized spacial score (nSPS) is 17.5. The molecule has 4 aromatic rings. The number of carbonyl (C=O) groups is 3. The number of nitrogens with zero attached hydrogens (tertiary/aromatic N) is 2. The molecule has 22 nitrogen and oxygen atoms in total. The number of aliphatic carboxylic acids is 1. The molecule has 4 aromatic carbocycles. The van der Waals surface area contributed by atoms with Gasteiger partial charge in [-0.2, -0.15) is 38.2 Å². The van der Waals surface area contributed by atoms with Crippen LogP contribution in [-0.4, -0.2) is 128 Å². The standard InChI is InChI=1S/C65H82N4O18S4/c1-43(2)30-32-63(3,4)42-59(70)66-52(38-44-16-10-9-11-17-44)61(71)67-53(62(72)73)39-45-18-21-47(22-19-45)87-60-46(20-28-57-64(5,6)50-40-48(90(80,81)82)23-25-54(50)68(57)33-12-14-36-88(74,75)76)31-35-86-56(60)27-29-58-65(7,8)51-41-49(91(83,84)85)24-26-55(51)69(58)34-13-15-37-89(77,78)79/h9-11,16-29,40-41,43,52-53H,12-15,30-39,42H2,1-8H3,(H6-,66,67,70,71,72,73,74,75,76,77,78,79,80,81,82,83,84,85)/p+1/t52-,53-/m0/s1. The van der Waals surface area contributed by atoms with Gasteiger partial charge in [-0.25, -0.2) is 4.79 Å². The number of allylic oxidation sites excluding steroid dienone is 5. The van der Waals surface area contributed by atoms with Gasteiger partial charge in [-0.1, -0.05) is 90.4 Å². The molecule has 0 unspecified atom stereocenters. The molecule has 0 saturated carbocycles. The summed E-state index contributed by atoms with van der Waals surface area (Å²) in [6.45, 7) is 16.2. The lowest BCUT2D eigenvalue weighted by molar-refractivity contribution is -0.438. The predicted octanol–water partition coefficient (Wildman–Crippen LogP) is 9.46.